The van der Waals surface area contributed by atoms with Gasteiger partial charge in [-0.05, 0) is 50.1 Å². The Hall–Kier alpha value is -4.05. The van der Waals surface area contributed by atoms with E-state index in [9.17, 15) is 18.0 Å². The molecule has 0 saturated carbocycles. The predicted octanol–water partition coefficient (Wildman–Crippen LogP) is 4.15. The smallest absolute Gasteiger partial charge is 0.264 e. The molecule has 0 aromatic heterocycles. The molecular formula is C30H37N3O6S. The van der Waals surface area contributed by atoms with Crippen molar-refractivity contribution in [1.82, 2.24) is 10.2 Å². The molecule has 0 heterocycles. The molecule has 0 aliphatic rings. The van der Waals surface area contributed by atoms with Gasteiger partial charge in [0.15, 0.2) is 0 Å². The van der Waals surface area contributed by atoms with Crippen molar-refractivity contribution in [1.29, 1.82) is 0 Å². The molecule has 0 spiro atoms. The summed E-state index contributed by atoms with van der Waals surface area (Å²) >= 11 is 0. The van der Waals surface area contributed by atoms with Crippen LogP contribution in [0.1, 0.15) is 31.4 Å². The summed E-state index contributed by atoms with van der Waals surface area (Å²) in [5.41, 5.74) is 1.97. The molecule has 0 unspecified atom stereocenters. The Kier molecular flexibility index (Phi) is 10.6. The van der Waals surface area contributed by atoms with Gasteiger partial charge in [0.05, 0.1) is 24.8 Å². The lowest BCUT2D eigenvalue weighted by Crippen LogP contribution is -2.52. The first-order valence-electron chi connectivity index (χ1n) is 13.1. The van der Waals surface area contributed by atoms with Gasteiger partial charge in [0.25, 0.3) is 10.0 Å². The average molecular weight is 568 g/mol. The number of methoxy groups -OCH3 is 2. The molecule has 0 radical (unpaired) electrons. The van der Waals surface area contributed by atoms with Crippen molar-refractivity contribution < 1.29 is 27.5 Å². The number of hydrogen-bond acceptors (Lipinski definition) is 6. The molecule has 3 rings (SSSR count). The summed E-state index contributed by atoms with van der Waals surface area (Å²) in [5.74, 6) is -0.206. The number of rotatable bonds is 13. The van der Waals surface area contributed by atoms with E-state index in [-0.39, 0.29) is 28.8 Å². The lowest BCUT2D eigenvalue weighted by molar-refractivity contribution is -0.140. The minimum Gasteiger partial charge on any atom is -0.497 e. The summed E-state index contributed by atoms with van der Waals surface area (Å²) in [7, 11) is -1.34. The van der Waals surface area contributed by atoms with Crippen molar-refractivity contribution in [3.63, 3.8) is 0 Å². The SMILES string of the molecule is CCNC(=O)[C@H](CC)N(Cc1cccc(C)c1)C(=O)CN(c1cc(OC)ccc1OC)S(=O)(=O)c1ccccc1. The zero-order chi connectivity index (χ0) is 29.3. The summed E-state index contributed by atoms with van der Waals surface area (Å²) in [6.45, 7) is 5.53. The molecule has 3 aromatic carbocycles. The maximum atomic E-state index is 14.1. The maximum absolute atomic E-state index is 14.1. The van der Waals surface area contributed by atoms with Gasteiger partial charge in [-0.1, -0.05) is 55.0 Å². The highest BCUT2D eigenvalue weighted by molar-refractivity contribution is 7.92. The first-order valence-corrected chi connectivity index (χ1v) is 14.5. The fourth-order valence-electron chi connectivity index (χ4n) is 4.44. The zero-order valence-corrected chi connectivity index (χ0v) is 24.4. The van der Waals surface area contributed by atoms with E-state index in [1.165, 1.54) is 37.3 Å². The minimum absolute atomic E-state index is 0.00803. The van der Waals surface area contributed by atoms with Crippen LogP contribution in [0.5, 0.6) is 11.5 Å². The first-order chi connectivity index (χ1) is 19.2. The molecule has 214 valence electrons. The third kappa shape index (κ3) is 7.12. The highest BCUT2D eigenvalue weighted by Crippen LogP contribution is 2.36. The summed E-state index contributed by atoms with van der Waals surface area (Å²) in [4.78, 5) is 28.6. The lowest BCUT2D eigenvalue weighted by atomic mass is 10.1. The molecule has 10 heteroatoms. The summed E-state index contributed by atoms with van der Waals surface area (Å²) in [6, 6.07) is 19.4. The predicted molar refractivity (Wildman–Crippen MR) is 155 cm³/mol. The Balaban J connectivity index is 2.14. The monoisotopic (exact) mass is 567 g/mol. The number of sulfonamides is 1. The van der Waals surface area contributed by atoms with Crippen molar-refractivity contribution >= 4 is 27.5 Å². The molecule has 0 bridgehead atoms. The molecule has 2 amide bonds. The molecular weight excluding hydrogens is 530 g/mol. The van der Waals surface area contributed by atoms with E-state index in [0.29, 0.717) is 18.7 Å². The van der Waals surface area contributed by atoms with Crippen molar-refractivity contribution in [3.8, 4) is 11.5 Å². The van der Waals surface area contributed by atoms with Gasteiger partial charge in [0.2, 0.25) is 11.8 Å². The number of carbonyl (C=O) groups excluding carboxylic acids is 2. The van der Waals surface area contributed by atoms with Crippen LogP contribution in [0.2, 0.25) is 0 Å². The standard InChI is InChI=1S/C30H37N3O6S/c1-6-26(30(35)31-7-2)32(20-23-13-11-12-22(3)18-23)29(34)21-33(40(36,37)25-14-9-8-10-15-25)27-19-24(38-4)16-17-28(27)39-5/h8-19,26H,6-7,20-21H2,1-5H3,(H,31,35)/t26-/m0/s1. The Morgan fingerprint density at radius 3 is 2.25 bits per heavy atom. The topological polar surface area (TPSA) is 105 Å². The van der Waals surface area contributed by atoms with E-state index < -0.39 is 28.5 Å². The molecule has 0 aliphatic carbocycles. The number of amides is 2. The Morgan fingerprint density at radius 1 is 0.925 bits per heavy atom. The number of nitrogens with zero attached hydrogens (tertiary/aromatic N) is 2. The molecule has 1 N–H and O–H groups in total. The fraction of sp³-hybridized carbons (Fsp3) is 0.333. The van der Waals surface area contributed by atoms with Gasteiger partial charge < -0.3 is 19.7 Å². The van der Waals surface area contributed by atoms with Crippen LogP contribution in [-0.4, -0.2) is 58.5 Å². The van der Waals surface area contributed by atoms with Crippen molar-refractivity contribution in [3.05, 3.63) is 83.9 Å². The average Bonchev–Trinajstić information content (AvgIpc) is 2.95. The molecule has 9 nitrogen and oxygen atoms in total. The number of anilines is 1. The van der Waals surface area contributed by atoms with Gasteiger partial charge in [0.1, 0.15) is 24.1 Å². The van der Waals surface area contributed by atoms with Crippen LogP contribution in [0.15, 0.2) is 77.7 Å². The number of ether oxygens (including phenoxy) is 2. The Morgan fingerprint density at radius 2 is 1.65 bits per heavy atom. The van der Waals surface area contributed by atoms with E-state index in [4.69, 9.17) is 9.47 Å². The van der Waals surface area contributed by atoms with Crippen molar-refractivity contribution in [2.75, 3.05) is 31.6 Å². The van der Waals surface area contributed by atoms with Gasteiger partial charge in [-0.3, -0.25) is 13.9 Å². The summed E-state index contributed by atoms with van der Waals surface area (Å²) in [6.07, 6.45) is 0.345. The molecule has 40 heavy (non-hydrogen) atoms. The van der Waals surface area contributed by atoms with Gasteiger partial charge >= 0.3 is 0 Å². The zero-order valence-electron chi connectivity index (χ0n) is 23.6. The fourth-order valence-corrected chi connectivity index (χ4v) is 5.88. The van der Waals surface area contributed by atoms with E-state index in [1.807, 2.05) is 38.1 Å². The molecule has 0 fully saturated rings. The minimum atomic E-state index is -4.23. The lowest BCUT2D eigenvalue weighted by Gasteiger charge is -2.33. The van der Waals surface area contributed by atoms with Gasteiger partial charge in [-0.2, -0.15) is 0 Å². The Bertz CT molecular complexity index is 1410. The second-order valence-corrected chi connectivity index (χ2v) is 11.1. The number of likely N-dealkylation sites (N-methyl/N-ethyl adjacent to an activating group) is 1. The summed E-state index contributed by atoms with van der Waals surface area (Å²) in [5, 5.41) is 2.80. The van der Waals surface area contributed by atoms with Gasteiger partial charge in [0, 0.05) is 19.2 Å². The maximum Gasteiger partial charge on any atom is 0.264 e. The normalized spacial score (nSPS) is 11.8. The van der Waals surface area contributed by atoms with E-state index in [0.717, 1.165) is 15.4 Å². The number of aryl methyl sites for hydroxylation is 1. The highest BCUT2D eigenvalue weighted by Gasteiger charge is 2.34. The van der Waals surface area contributed by atoms with Gasteiger partial charge in [-0.15, -0.1) is 0 Å². The summed E-state index contributed by atoms with van der Waals surface area (Å²) < 4.78 is 39.9. The van der Waals surface area contributed by atoms with Crippen LogP contribution in [-0.2, 0) is 26.2 Å². The molecule has 3 aromatic rings. The first kappa shape index (κ1) is 30.5. The molecule has 0 saturated heterocycles. The second kappa shape index (κ2) is 13.8. The van der Waals surface area contributed by atoms with E-state index in [1.54, 1.807) is 37.3 Å². The van der Waals surface area contributed by atoms with E-state index in [2.05, 4.69) is 5.32 Å². The van der Waals surface area contributed by atoms with Crippen LogP contribution in [0.25, 0.3) is 0 Å². The number of carbonyl (C=O) groups is 2. The largest absolute Gasteiger partial charge is 0.497 e. The van der Waals surface area contributed by atoms with Crippen LogP contribution in [0.4, 0.5) is 5.69 Å². The second-order valence-electron chi connectivity index (χ2n) is 9.19. The van der Waals surface area contributed by atoms with E-state index >= 15 is 0 Å². The third-order valence-corrected chi connectivity index (χ3v) is 8.21. The van der Waals surface area contributed by atoms with Crippen LogP contribution < -0.4 is 19.1 Å². The number of nitrogens with one attached hydrogen (secondary N) is 1. The van der Waals surface area contributed by atoms with Crippen molar-refractivity contribution in [2.45, 2.75) is 44.7 Å². The van der Waals surface area contributed by atoms with Crippen LogP contribution in [0, 0.1) is 6.92 Å². The highest BCUT2D eigenvalue weighted by atomic mass is 32.2. The van der Waals surface area contributed by atoms with Gasteiger partial charge in [-0.25, -0.2) is 8.42 Å². The van der Waals surface area contributed by atoms with Crippen LogP contribution >= 0.6 is 0 Å². The van der Waals surface area contributed by atoms with Crippen molar-refractivity contribution in [2.24, 2.45) is 0 Å². The number of hydrogen-bond donors (Lipinski definition) is 1. The Labute approximate surface area is 236 Å². The molecule has 1 atom stereocenters. The third-order valence-electron chi connectivity index (χ3n) is 6.44. The quantitative estimate of drug-likeness (QED) is 0.333. The van der Waals surface area contributed by atoms with Crippen LogP contribution in [0.3, 0.4) is 0 Å². The molecule has 0 aliphatic heterocycles. The number of benzene rings is 3.